The molecule has 0 aliphatic heterocycles. The molecular formula is C12H16Cl2O3S. The van der Waals surface area contributed by atoms with Crippen LogP contribution in [0.15, 0.2) is 12.1 Å². The first-order chi connectivity index (χ1) is 8.19. The van der Waals surface area contributed by atoms with Crippen molar-refractivity contribution in [2.75, 3.05) is 12.4 Å². The van der Waals surface area contributed by atoms with Gasteiger partial charge in [0.2, 0.25) is 9.05 Å². The second-order valence-electron chi connectivity index (χ2n) is 4.49. The minimum Gasteiger partial charge on any atom is -0.493 e. The smallest absolute Gasteiger partial charge is 0.232 e. The molecule has 0 aliphatic rings. The summed E-state index contributed by atoms with van der Waals surface area (Å²) >= 11 is 6.05. The van der Waals surface area contributed by atoms with E-state index in [2.05, 4.69) is 0 Å². The topological polar surface area (TPSA) is 43.4 Å². The first-order valence-electron chi connectivity index (χ1n) is 5.51. The normalized spacial score (nSPS) is 13.4. The quantitative estimate of drug-likeness (QED) is 0.781. The predicted molar refractivity (Wildman–Crippen MR) is 75.2 cm³/mol. The highest BCUT2D eigenvalue weighted by molar-refractivity contribution is 8.13. The molecule has 0 heterocycles. The maximum atomic E-state index is 10.9. The van der Waals surface area contributed by atoms with Crippen LogP contribution in [0.4, 0.5) is 0 Å². The Morgan fingerprint density at radius 3 is 2.22 bits per heavy atom. The number of ether oxygens (including phenoxy) is 1. The van der Waals surface area contributed by atoms with Crippen LogP contribution < -0.4 is 4.74 Å². The number of hydrogen-bond acceptors (Lipinski definition) is 3. The summed E-state index contributed by atoms with van der Waals surface area (Å²) in [7, 11) is 1.70. The van der Waals surface area contributed by atoms with Gasteiger partial charge in [-0.25, -0.2) is 8.42 Å². The van der Waals surface area contributed by atoms with Crippen molar-refractivity contribution in [2.45, 2.75) is 20.8 Å². The summed E-state index contributed by atoms with van der Waals surface area (Å²) in [5.41, 5.74) is 1.87. The van der Waals surface area contributed by atoms with Crippen molar-refractivity contribution in [1.29, 1.82) is 0 Å². The average molecular weight is 311 g/mol. The fourth-order valence-corrected chi connectivity index (χ4v) is 3.15. The van der Waals surface area contributed by atoms with Crippen LogP contribution in [0.2, 0.25) is 5.02 Å². The van der Waals surface area contributed by atoms with E-state index in [0.29, 0.717) is 12.4 Å². The van der Waals surface area contributed by atoms with E-state index >= 15 is 0 Å². The first kappa shape index (κ1) is 15.6. The first-order valence-corrected chi connectivity index (χ1v) is 8.36. The summed E-state index contributed by atoms with van der Waals surface area (Å²) in [6.45, 7) is 5.87. The summed E-state index contributed by atoms with van der Waals surface area (Å²) in [5, 5.41) is 0.721. The molecule has 0 aromatic heterocycles. The molecule has 0 saturated carbocycles. The molecule has 1 unspecified atom stereocenters. The predicted octanol–water partition coefficient (Wildman–Crippen LogP) is 3.54. The van der Waals surface area contributed by atoms with Gasteiger partial charge in [0, 0.05) is 21.6 Å². The molecule has 102 valence electrons. The Morgan fingerprint density at radius 2 is 1.78 bits per heavy atom. The van der Waals surface area contributed by atoms with E-state index in [0.717, 1.165) is 16.1 Å². The molecule has 0 spiro atoms. The van der Waals surface area contributed by atoms with Crippen molar-refractivity contribution in [3.63, 3.8) is 0 Å². The molecule has 0 saturated heterocycles. The molecule has 3 nitrogen and oxygen atoms in total. The third-order valence-corrected chi connectivity index (χ3v) is 4.37. The molecule has 0 radical (unpaired) electrons. The van der Waals surface area contributed by atoms with E-state index in [1.54, 1.807) is 6.92 Å². The maximum Gasteiger partial charge on any atom is 0.232 e. The van der Waals surface area contributed by atoms with Gasteiger partial charge in [0.15, 0.2) is 0 Å². The summed E-state index contributed by atoms with van der Waals surface area (Å²) in [4.78, 5) is 0. The van der Waals surface area contributed by atoms with Crippen molar-refractivity contribution in [1.82, 2.24) is 0 Å². The fraction of sp³-hybridized carbons (Fsp3) is 0.500. The monoisotopic (exact) mass is 310 g/mol. The second kappa shape index (κ2) is 6.13. The highest BCUT2D eigenvalue weighted by Gasteiger charge is 2.13. The van der Waals surface area contributed by atoms with E-state index in [1.165, 1.54) is 0 Å². The van der Waals surface area contributed by atoms with Gasteiger partial charge in [0.05, 0.1) is 12.4 Å². The van der Waals surface area contributed by atoms with Crippen LogP contribution in [-0.2, 0) is 9.05 Å². The van der Waals surface area contributed by atoms with Crippen molar-refractivity contribution in [2.24, 2.45) is 5.92 Å². The number of halogens is 2. The van der Waals surface area contributed by atoms with Crippen LogP contribution in [-0.4, -0.2) is 20.8 Å². The molecule has 1 rings (SSSR count). The zero-order valence-electron chi connectivity index (χ0n) is 10.5. The zero-order valence-corrected chi connectivity index (χ0v) is 12.9. The van der Waals surface area contributed by atoms with Crippen molar-refractivity contribution >= 4 is 31.3 Å². The van der Waals surface area contributed by atoms with Crippen LogP contribution in [0, 0.1) is 19.8 Å². The average Bonchev–Trinajstić information content (AvgIpc) is 2.20. The number of aryl methyl sites for hydroxylation is 2. The number of benzene rings is 1. The Bertz CT molecular complexity index is 503. The van der Waals surface area contributed by atoms with Gasteiger partial charge in [-0.15, -0.1) is 0 Å². The lowest BCUT2D eigenvalue weighted by Crippen LogP contribution is -2.16. The highest BCUT2D eigenvalue weighted by Crippen LogP contribution is 2.26. The molecule has 6 heteroatoms. The van der Waals surface area contributed by atoms with Gasteiger partial charge < -0.3 is 4.74 Å². The third-order valence-electron chi connectivity index (χ3n) is 2.43. The molecule has 0 bridgehead atoms. The lowest BCUT2D eigenvalue weighted by Gasteiger charge is -2.13. The van der Waals surface area contributed by atoms with Crippen LogP contribution in [0.3, 0.4) is 0 Å². The van der Waals surface area contributed by atoms with E-state index in [1.807, 2.05) is 26.0 Å². The van der Waals surface area contributed by atoms with E-state index in [-0.39, 0.29) is 11.7 Å². The largest absolute Gasteiger partial charge is 0.493 e. The Morgan fingerprint density at radius 1 is 1.28 bits per heavy atom. The van der Waals surface area contributed by atoms with Gasteiger partial charge in [-0.05, 0) is 37.1 Å². The molecule has 1 aromatic carbocycles. The van der Waals surface area contributed by atoms with Crippen LogP contribution in [0.1, 0.15) is 18.1 Å². The lowest BCUT2D eigenvalue weighted by molar-refractivity contribution is 0.272. The van der Waals surface area contributed by atoms with Crippen LogP contribution in [0.25, 0.3) is 0 Å². The van der Waals surface area contributed by atoms with Gasteiger partial charge in [0.25, 0.3) is 0 Å². The van der Waals surface area contributed by atoms with Gasteiger partial charge in [-0.2, -0.15) is 0 Å². The lowest BCUT2D eigenvalue weighted by atomic mass is 10.1. The fourth-order valence-electron chi connectivity index (χ4n) is 1.62. The molecule has 18 heavy (non-hydrogen) atoms. The number of rotatable bonds is 5. The van der Waals surface area contributed by atoms with Crippen molar-refractivity contribution in [3.05, 3.63) is 28.3 Å². The summed E-state index contributed by atoms with van der Waals surface area (Å²) in [6.07, 6.45) is 0. The molecule has 0 aliphatic carbocycles. The van der Waals surface area contributed by atoms with Gasteiger partial charge in [0.1, 0.15) is 5.75 Å². The van der Waals surface area contributed by atoms with E-state index < -0.39 is 9.05 Å². The molecular weight excluding hydrogens is 295 g/mol. The van der Waals surface area contributed by atoms with Crippen molar-refractivity contribution < 1.29 is 13.2 Å². The Kier molecular flexibility index (Phi) is 5.32. The van der Waals surface area contributed by atoms with Crippen molar-refractivity contribution in [3.8, 4) is 5.75 Å². The molecule has 1 atom stereocenters. The Hall–Kier alpha value is -0.450. The second-order valence-corrected chi connectivity index (χ2v) is 7.69. The van der Waals surface area contributed by atoms with Gasteiger partial charge in [-0.3, -0.25) is 0 Å². The van der Waals surface area contributed by atoms with E-state index in [9.17, 15) is 8.42 Å². The highest BCUT2D eigenvalue weighted by atomic mass is 35.7. The molecule has 1 aromatic rings. The molecule has 0 N–H and O–H groups in total. The summed E-state index contributed by atoms with van der Waals surface area (Å²) in [6, 6.07) is 3.66. The standard InChI is InChI=1S/C12H16Cl2O3S/c1-8(7-18(14,15)16)6-17-11-4-9(2)12(13)10(3)5-11/h4-5,8H,6-7H2,1-3H3. The van der Waals surface area contributed by atoms with Crippen LogP contribution in [0.5, 0.6) is 5.75 Å². The Labute approximate surface area is 117 Å². The minimum absolute atomic E-state index is 0.0971. The summed E-state index contributed by atoms with van der Waals surface area (Å²) < 4.78 is 27.3. The van der Waals surface area contributed by atoms with Gasteiger partial charge in [-0.1, -0.05) is 18.5 Å². The maximum absolute atomic E-state index is 10.9. The minimum atomic E-state index is -3.48. The van der Waals surface area contributed by atoms with Crippen LogP contribution >= 0.6 is 22.3 Å². The molecule has 0 amide bonds. The Balaban J connectivity index is 2.64. The molecule has 0 fully saturated rings. The number of hydrogen-bond donors (Lipinski definition) is 0. The zero-order chi connectivity index (χ0) is 13.9. The summed E-state index contributed by atoms with van der Waals surface area (Å²) in [5.74, 6) is 0.428. The SMILES string of the molecule is Cc1cc(OCC(C)CS(=O)(=O)Cl)cc(C)c1Cl. The van der Waals surface area contributed by atoms with Gasteiger partial charge >= 0.3 is 0 Å². The third kappa shape index (κ3) is 5.04. The van der Waals surface area contributed by atoms with E-state index in [4.69, 9.17) is 27.0 Å².